The average Bonchev–Trinajstić information content (AvgIpc) is 2.93. The molecule has 1 N–H and O–H groups in total. The quantitative estimate of drug-likeness (QED) is 0.901. The van der Waals surface area contributed by atoms with Crippen LogP contribution in [0.25, 0.3) is 0 Å². The summed E-state index contributed by atoms with van der Waals surface area (Å²) in [5.41, 5.74) is 3.66. The van der Waals surface area contributed by atoms with Gasteiger partial charge in [-0.25, -0.2) is 4.98 Å². The fourth-order valence-electron chi connectivity index (χ4n) is 2.05. The molecule has 0 spiro atoms. The summed E-state index contributed by atoms with van der Waals surface area (Å²) >= 11 is 1.72. The minimum Gasteiger partial charge on any atom is -0.312 e. The third-order valence-electron chi connectivity index (χ3n) is 3.28. The number of rotatable bonds is 5. The van der Waals surface area contributed by atoms with Crippen molar-refractivity contribution in [1.82, 2.24) is 20.1 Å². The van der Waals surface area contributed by atoms with Crippen molar-refractivity contribution in [3.05, 3.63) is 33.5 Å². The van der Waals surface area contributed by atoms with Gasteiger partial charge in [0.25, 0.3) is 0 Å². The Morgan fingerprint density at radius 3 is 2.78 bits per heavy atom. The Morgan fingerprint density at radius 1 is 1.44 bits per heavy atom. The van der Waals surface area contributed by atoms with Gasteiger partial charge in [0.05, 0.1) is 10.7 Å². The number of hydrogen-bond acceptors (Lipinski definition) is 4. The SMILES string of the molecule is Cc1nn(C)c(C)c1CNCC(C)c1nccs1. The zero-order valence-corrected chi connectivity index (χ0v) is 12.2. The standard InChI is InChI=1S/C13H20N4S/c1-9(13-15-5-6-18-13)7-14-8-12-10(2)16-17(4)11(12)3/h5-6,9,14H,7-8H2,1-4H3. The third kappa shape index (κ3) is 2.79. The largest absolute Gasteiger partial charge is 0.312 e. The zero-order chi connectivity index (χ0) is 13.1. The highest BCUT2D eigenvalue weighted by Gasteiger charge is 2.11. The number of aromatic nitrogens is 3. The number of hydrogen-bond donors (Lipinski definition) is 1. The van der Waals surface area contributed by atoms with Crippen LogP contribution in [-0.4, -0.2) is 21.3 Å². The highest BCUT2D eigenvalue weighted by atomic mass is 32.1. The Bertz CT molecular complexity index is 501. The van der Waals surface area contributed by atoms with Crippen LogP contribution in [0.2, 0.25) is 0 Å². The van der Waals surface area contributed by atoms with Gasteiger partial charge in [0, 0.05) is 48.9 Å². The molecule has 0 aliphatic heterocycles. The molecule has 1 atom stereocenters. The van der Waals surface area contributed by atoms with Crippen LogP contribution in [0, 0.1) is 13.8 Å². The Kier molecular flexibility index (Phi) is 4.14. The Hall–Kier alpha value is -1.20. The first-order chi connectivity index (χ1) is 8.59. The van der Waals surface area contributed by atoms with Crippen molar-refractivity contribution < 1.29 is 0 Å². The van der Waals surface area contributed by atoms with Crippen molar-refractivity contribution >= 4 is 11.3 Å². The molecule has 18 heavy (non-hydrogen) atoms. The van der Waals surface area contributed by atoms with Gasteiger partial charge in [-0.2, -0.15) is 5.10 Å². The van der Waals surface area contributed by atoms with E-state index in [2.05, 4.69) is 36.2 Å². The molecule has 0 bridgehead atoms. The molecule has 2 aromatic rings. The van der Waals surface area contributed by atoms with Gasteiger partial charge in [-0.1, -0.05) is 6.92 Å². The van der Waals surface area contributed by atoms with E-state index in [1.54, 1.807) is 11.3 Å². The van der Waals surface area contributed by atoms with Crippen molar-refractivity contribution in [2.75, 3.05) is 6.54 Å². The van der Waals surface area contributed by atoms with E-state index in [9.17, 15) is 0 Å². The van der Waals surface area contributed by atoms with Crippen LogP contribution < -0.4 is 5.32 Å². The first-order valence-electron chi connectivity index (χ1n) is 6.18. The van der Waals surface area contributed by atoms with Crippen molar-refractivity contribution in [1.29, 1.82) is 0 Å². The molecule has 4 nitrogen and oxygen atoms in total. The number of aryl methyl sites for hydroxylation is 2. The van der Waals surface area contributed by atoms with Gasteiger partial charge < -0.3 is 5.32 Å². The molecular weight excluding hydrogens is 244 g/mol. The molecule has 0 saturated heterocycles. The van der Waals surface area contributed by atoms with E-state index in [0.717, 1.165) is 18.8 Å². The van der Waals surface area contributed by atoms with Crippen LogP contribution in [0.15, 0.2) is 11.6 Å². The summed E-state index contributed by atoms with van der Waals surface area (Å²) in [5.74, 6) is 0.460. The lowest BCUT2D eigenvalue weighted by molar-refractivity contribution is 0.609. The van der Waals surface area contributed by atoms with Gasteiger partial charge in [0.15, 0.2) is 0 Å². The maximum atomic E-state index is 4.42. The summed E-state index contributed by atoms with van der Waals surface area (Å²) in [5, 5.41) is 11.1. The summed E-state index contributed by atoms with van der Waals surface area (Å²) in [6, 6.07) is 0. The van der Waals surface area contributed by atoms with Crippen molar-refractivity contribution in [2.24, 2.45) is 7.05 Å². The van der Waals surface area contributed by atoms with Crippen LogP contribution in [0.4, 0.5) is 0 Å². The molecule has 1 unspecified atom stereocenters. The first kappa shape index (κ1) is 13.2. The van der Waals surface area contributed by atoms with Crippen molar-refractivity contribution in [2.45, 2.75) is 33.2 Å². The maximum Gasteiger partial charge on any atom is 0.0965 e. The molecule has 0 amide bonds. The van der Waals surface area contributed by atoms with Gasteiger partial charge in [0.1, 0.15) is 0 Å². The van der Waals surface area contributed by atoms with Crippen molar-refractivity contribution in [3.8, 4) is 0 Å². The van der Waals surface area contributed by atoms with Crippen LogP contribution in [-0.2, 0) is 13.6 Å². The van der Waals surface area contributed by atoms with E-state index < -0.39 is 0 Å². The fraction of sp³-hybridized carbons (Fsp3) is 0.538. The van der Waals surface area contributed by atoms with Gasteiger partial charge in [-0.15, -0.1) is 11.3 Å². The Labute approximate surface area is 112 Å². The van der Waals surface area contributed by atoms with E-state index in [4.69, 9.17) is 0 Å². The second-order valence-electron chi connectivity index (χ2n) is 4.68. The summed E-state index contributed by atoms with van der Waals surface area (Å²) < 4.78 is 1.94. The number of thiazole rings is 1. The number of nitrogens with zero attached hydrogens (tertiary/aromatic N) is 3. The third-order valence-corrected chi connectivity index (χ3v) is 4.29. The molecule has 0 aromatic carbocycles. The topological polar surface area (TPSA) is 42.7 Å². The van der Waals surface area contributed by atoms with E-state index >= 15 is 0 Å². The summed E-state index contributed by atoms with van der Waals surface area (Å²) in [7, 11) is 1.99. The van der Waals surface area contributed by atoms with Gasteiger partial charge in [-0.05, 0) is 13.8 Å². The zero-order valence-electron chi connectivity index (χ0n) is 11.4. The van der Waals surface area contributed by atoms with Gasteiger partial charge >= 0.3 is 0 Å². The lowest BCUT2D eigenvalue weighted by Crippen LogP contribution is -2.20. The summed E-state index contributed by atoms with van der Waals surface area (Å²) in [4.78, 5) is 4.34. The molecular formula is C13H20N4S. The van der Waals surface area contributed by atoms with Crippen LogP contribution >= 0.6 is 11.3 Å². The molecule has 2 rings (SSSR count). The van der Waals surface area contributed by atoms with E-state index in [1.165, 1.54) is 16.3 Å². The molecule has 0 aliphatic carbocycles. The van der Waals surface area contributed by atoms with Crippen LogP contribution in [0.1, 0.15) is 34.8 Å². The minimum atomic E-state index is 0.460. The second kappa shape index (κ2) is 5.63. The molecule has 0 aliphatic rings. The Morgan fingerprint density at radius 2 is 2.22 bits per heavy atom. The fourth-order valence-corrected chi connectivity index (χ4v) is 2.75. The maximum absolute atomic E-state index is 4.42. The highest BCUT2D eigenvalue weighted by Crippen LogP contribution is 2.17. The molecule has 98 valence electrons. The second-order valence-corrected chi connectivity index (χ2v) is 5.60. The van der Waals surface area contributed by atoms with Crippen molar-refractivity contribution in [3.63, 3.8) is 0 Å². The molecule has 5 heteroatoms. The van der Waals surface area contributed by atoms with E-state index in [0.29, 0.717) is 5.92 Å². The monoisotopic (exact) mass is 264 g/mol. The molecule has 2 heterocycles. The average molecular weight is 264 g/mol. The molecule has 0 radical (unpaired) electrons. The molecule has 0 fully saturated rings. The molecule has 2 aromatic heterocycles. The number of nitrogens with one attached hydrogen (secondary N) is 1. The Balaban J connectivity index is 1.89. The first-order valence-corrected chi connectivity index (χ1v) is 7.06. The summed E-state index contributed by atoms with van der Waals surface area (Å²) in [6.45, 7) is 8.20. The van der Waals surface area contributed by atoms with Crippen LogP contribution in [0.3, 0.4) is 0 Å². The predicted molar refractivity (Wildman–Crippen MR) is 74.9 cm³/mol. The smallest absolute Gasteiger partial charge is 0.0965 e. The van der Waals surface area contributed by atoms with E-state index in [-0.39, 0.29) is 0 Å². The lowest BCUT2D eigenvalue weighted by Gasteiger charge is -2.10. The van der Waals surface area contributed by atoms with E-state index in [1.807, 2.05) is 23.3 Å². The minimum absolute atomic E-state index is 0.460. The normalized spacial score (nSPS) is 12.9. The van der Waals surface area contributed by atoms with Gasteiger partial charge in [-0.3, -0.25) is 4.68 Å². The molecule has 0 saturated carbocycles. The van der Waals surface area contributed by atoms with Crippen LogP contribution in [0.5, 0.6) is 0 Å². The van der Waals surface area contributed by atoms with Gasteiger partial charge in [0.2, 0.25) is 0 Å². The highest BCUT2D eigenvalue weighted by molar-refractivity contribution is 7.09. The summed E-state index contributed by atoms with van der Waals surface area (Å²) in [6.07, 6.45) is 1.87. The lowest BCUT2D eigenvalue weighted by atomic mass is 10.1. The predicted octanol–water partition coefficient (Wildman–Crippen LogP) is 2.39.